The third-order valence-electron chi connectivity index (χ3n) is 1.88. The molecule has 0 radical (unpaired) electrons. The monoisotopic (exact) mass is 237 g/mol. The van der Waals surface area contributed by atoms with Crippen molar-refractivity contribution in [3.8, 4) is 5.75 Å². The Balaban J connectivity index is 2.83. The molecule has 0 fully saturated rings. The van der Waals surface area contributed by atoms with Gasteiger partial charge in [-0.25, -0.2) is 4.39 Å². The van der Waals surface area contributed by atoms with Crippen LogP contribution in [0.4, 0.5) is 17.3 Å². The van der Waals surface area contributed by atoms with Crippen LogP contribution < -0.4 is 10.2 Å². The molecule has 1 aromatic carbocycles. The fourth-order valence-corrected chi connectivity index (χ4v) is 1.07. The fraction of sp³-hybridized carbons (Fsp3) is 0.333. The van der Waals surface area contributed by atoms with Gasteiger partial charge in [-0.2, -0.15) is 0 Å². The van der Waals surface area contributed by atoms with Crippen LogP contribution in [-0.2, 0) is 4.74 Å². The number of hydrogen-bond donors (Lipinski definition) is 0. The molecule has 2 nitrogen and oxygen atoms in total. The van der Waals surface area contributed by atoms with Gasteiger partial charge in [-0.15, -0.1) is 5.46 Å². The molecular weight excluding hydrogens is 227 g/mol. The lowest BCUT2D eigenvalue weighted by molar-refractivity contribution is 0.144. The van der Waals surface area contributed by atoms with Crippen molar-refractivity contribution < 1.29 is 26.8 Å². The maximum Gasteiger partial charge on any atom is 0.509 e. The van der Waals surface area contributed by atoms with Crippen LogP contribution in [0.15, 0.2) is 18.2 Å². The molecule has 0 N–H and O–H groups in total. The van der Waals surface area contributed by atoms with E-state index in [1.165, 1.54) is 7.11 Å². The van der Waals surface area contributed by atoms with Crippen molar-refractivity contribution in [1.82, 2.24) is 0 Å². The van der Waals surface area contributed by atoms with Gasteiger partial charge in [-0.3, -0.25) is 0 Å². The van der Waals surface area contributed by atoms with Crippen molar-refractivity contribution in [2.75, 3.05) is 20.3 Å². The number of rotatable bonds is 5. The summed E-state index contributed by atoms with van der Waals surface area (Å²) in [4.78, 5) is 0. The van der Waals surface area contributed by atoms with E-state index >= 15 is 0 Å². The molecule has 1 aromatic rings. The second-order valence-corrected chi connectivity index (χ2v) is 3.11. The SMILES string of the molecule is COCCOc1cc([B-](F)(F)F)ccc1F. The van der Waals surface area contributed by atoms with Crippen LogP contribution in [0.3, 0.4) is 0 Å². The van der Waals surface area contributed by atoms with Gasteiger partial charge in [0, 0.05) is 7.11 Å². The summed E-state index contributed by atoms with van der Waals surface area (Å²) in [6.45, 7) is -4.96. The van der Waals surface area contributed by atoms with Gasteiger partial charge >= 0.3 is 6.98 Å². The topological polar surface area (TPSA) is 18.5 Å². The molecule has 0 aliphatic carbocycles. The number of methoxy groups -OCH3 is 1. The molecule has 0 amide bonds. The highest BCUT2D eigenvalue weighted by atomic mass is 19.4. The molecule has 0 aliphatic rings. The molecule has 0 atom stereocenters. The van der Waals surface area contributed by atoms with Crippen LogP contribution in [-0.4, -0.2) is 27.3 Å². The Kier molecular flexibility index (Phi) is 4.17. The third kappa shape index (κ3) is 3.41. The fourth-order valence-electron chi connectivity index (χ4n) is 1.07. The number of benzene rings is 1. The van der Waals surface area contributed by atoms with Crippen LogP contribution in [0.25, 0.3) is 0 Å². The molecule has 0 unspecified atom stereocenters. The molecule has 0 heterocycles. The summed E-state index contributed by atoms with van der Waals surface area (Å²) in [6.07, 6.45) is 0. The first-order chi connectivity index (χ1) is 7.45. The van der Waals surface area contributed by atoms with Crippen LogP contribution in [0.2, 0.25) is 0 Å². The van der Waals surface area contributed by atoms with Crippen molar-refractivity contribution in [3.63, 3.8) is 0 Å². The lowest BCUT2D eigenvalue weighted by atomic mass is 9.80. The first-order valence-electron chi connectivity index (χ1n) is 4.56. The highest BCUT2D eigenvalue weighted by Gasteiger charge is 2.26. The van der Waals surface area contributed by atoms with E-state index in [2.05, 4.69) is 4.74 Å². The average molecular weight is 237 g/mol. The van der Waals surface area contributed by atoms with Gasteiger partial charge in [0.15, 0.2) is 11.6 Å². The molecular formula is C9H10BF4O2-. The minimum Gasteiger partial charge on any atom is -0.488 e. The third-order valence-corrected chi connectivity index (χ3v) is 1.88. The number of hydrogen-bond acceptors (Lipinski definition) is 2. The molecule has 0 aliphatic heterocycles. The first kappa shape index (κ1) is 12.8. The van der Waals surface area contributed by atoms with Crippen molar-refractivity contribution in [2.24, 2.45) is 0 Å². The van der Waals surface area contributed by atoms with Crippen molar-refractivity contribution in [3.05, 3.63) is 24.0 Å². The number of ether oxygens (including phenoxy) is 2. The Morgan fingerprint density at radius 3 is 2.44 bits per heavy atom. The zero-order chi connectivity index (χ0) is 12.2. The smallest absolute Gasteiger partial charge is 0.488 e. The molecule has 16 heavy (non-hydrogen) atoms. The Hall–Kier alpha value is -1.24. The molecule has 7 heteroatoms. The quantitative estimate of drug-likeness (QED) is 0.442. The predicted molar refractivity (Wildman–Crippen MR) is 52.5 cm³/mol. The average Bonchev–Trinajstić information content (AvgIpc) is 2.19. The summed E-state index contributed by atoms with van der Waals surface area (Å²) in [6, 6.07) is 2.09. The van der Waals surface area contributed by atoms with Gasteiger partial charge in [-0.05, 0) is 12.1 Å². The van der Waals surface area contributed by atoms with E-state index in [1.54, 1.807) is 0 Å². The van der Waals surface area contributed by atoms with E-state index < -0.39 is 24.0 Å². The van der Waals surface area contributed by atoms with Gasteiger partial charge in [-0.1, -0.05) is 6.07 Å². The van der Waals surface area contributed by atoms with Crippen LogP contribution in [0, 0.1) is 5.82 Å². The Morgan fingerprint density at radius 1 is 1.19 bits per heavy atom. The van der Waals surface area contributed by atoms with E-state index in [0.717, 1.165) is 6.07 Å². The van der Waals surface area contributed by atoms with Crippen molar-refractivity contribution in [2.45, 2.75) is 0 Å². The summed E-state index contributed by atoms with van der Waals surface area (Å²) in [7, 11) is 1.41. The standard InChI is InChI=1S/C9H10BF4O2/c1-15-4-5-16-9-6-7(10(12,13)14)2-3-8(9)11/h2-3,6H,4-5H2,1H3/q-1. The lowest BCUT2D eigenvalue weighted by Gasteiger charge is -2.16. The second kappa shape index (κ2) is 5.20. The van der Waals surface area contributed by atoms with E-state index in [4.69, 9.17) is 4.74 Å². The maximum atomic E-state index is 13.1. The molecule has 1 rings (SSSR count). The summed E-state index contributed by atoms with van der Waals surface area (Å²) >= 11 is 0. The van der Waals surface area contributed by atoms with Crippen LogP contribution in [0.1, 0.15) is 0 Å². The van der Waals surface area contributed by atoms with E-state index in [1.807, 2.05) is 0 Å². The predicted octanol–water partition coefficient (Wildman–Crippen LogP) is 1.91. The van der Waals surface area contributed by atoms with Gasteiger partial charge in [0.05, 0.1) is 6.61 Å². The summed E-state index contributed by atoms with van der Waals surface area (Å²) in [5, 5.41) is 0. The van der Waals surface area contributed by atoms with Gasteiger partial charge in [0.25, 0.3) is 0 Å². The molecule has 90 valence electrons. The van der Waals surface area contributed by atoms with E-state index in [0.29, 0.717) is 12.1 Å². The van der Waals surface area contributed by atoms with Gasteiger partial charge in [0.1, 0.15) is 6.61 Å². The highest BCUT2D eigenvalue weighted by Crippen LogP contribution is 2.18. The molecule has 0 aromatic heterocycles. The van der Waals surface area contributed by atoms with Gasteiger partial charge in [0.2, 0.25) is 0 Å². The van der Waals surface area contributed by atoms with E-state index in [-0.39, 0.29) is 13.2 Å². The summed E-state index contributed by atoms with van der Waals surface area (Å²) in [5.41, 5.74) is -0.881. The molecule has 0 saturated carbocycles. The second-order valence-electron chi connectivity index (χ2n) is 3.11. The van der Waals surface area contributed by atoms with Crippen molar-refractivity contribution >= 4 is 12.4 Å². The highest BCUT2D eigenvalue weighted by molar-refractivity contribution is 6.73. The van der Waals surface area contributed by atoms with E-state index in [9.17, 15) is 17.3 Å². The molecule has 0 saturated heterocycles. The minimum atomic E-state index is -5.14. The Morgan fingerprint density at radius 2 is 1.88 bits per heavy atom. The molecule has 0 spiro atoms. The summed E-state index contributed by atoms with van der Waals surface area (Å²) in [5.74, 6) is -1.23. The maximum absolute atomic E-state index is 13.1. The Bertz CT molecular complexity index is 354. The van der Waals surface area contributed by atoms with Crippen LogP contribution in [0.5, 0.6) is 5.75 Å². The normalized spacial score (nSPS) is 11.6. The largest absolute Gasteiger partial charge is 0.509 e. The zero-order valence-electron chi connectivity index (χ0n) is 8.55. The summed E-state index contributed by atoms with van der Waals surface area (Å²) < 4.78 is 59.6. The zero-order valence-corrected chi connectivity index (χ0v) is 8.55. The molecule has 0 bridgehead atoms. The van der Waals surface area contributed by atoms with Gasteiger partial charge < -0.3 is 22.4 Å². The first-order valence-corrected chi connectivity index (χ1v) is 4.56. The van der Waals surface area contributed by atoms with Crippen molar-refractivity contribution in [1.29, 1.82) is 0 Å². The number of halogens is 4. The minimum absolute atomic E-state index is 0.00172. The van der Waals surface area contributed by atoms with Crippen LogP contribution >= 0.6 is 0 Å². The Labute approximate surface area is 90.2 Å². The lowest BCUT2D eigenvalue weighted by Crippen LogP contribution is -2.34.